The first-order valence-electron chi connectivity index (χ1n) is 7.52. The number of ether oxygens (including phenoxy) is 1. The Morgan fingerprint density at radius 2 is 1.95 bits per heavy atom. The summed E-state index contributed by atoms with van der Waals surface area (Å²) in [6, 6.07) is 2.61. The van der Waals surface area contributed by atoms with Crippen LogP contribution in [0.4, 0.5) is 0 Å². The quantitative estimate of drug-likeness (QED) is 0.855. The molecule has 2 N–H and O–H groups in total. The van der Waals surface area contributed by atoms with Gasteiger partial charge in [0, 0.05) is 6.54 Å². The smallest absolute Gasteiger partial charge is 0.241 e. The monoisotopic (exact) mass is 324 g/mol. The van der Waals surface area contributed by atoms with Gasteiger partial charge in [-0.05, 0) is 55.4 Å². The maximum absolute atomic E-state index is 12.7. The van der Waals surface area contributed by atoms with Gasteiger partial charge in [0.15, 0.2) is 0 Å². The molecule has 1 heterocycles. The molecule has 1 atom stereocenters. The van der Waals surface area contributed by atoms with Gasteiger partial charge in [0.25, 0.3) is 0 Å². The number of sulfonamides is 1. The lowest BCUT2D eigenvalue weighted by atomic mass is 9.91. The van der Waals surface area contributed by atoms with E-state index in [0.29, 0.717) is 13.0 Å². The van der Waals surface area contributed by atoms with E-state index in [9.17, 15) is 13.2 Å². The minimum Gasteiger partial charge on any atom is -0.496 e. The largest absolute Gasteiger partial charge is 0.496 e. The average molecular weight is 324 g/mol. The molecule has 0 aromatic heterocycles. The molecule has 6 nitrogen and oxygen atoms in total. The molecular formula is C15H20N2O4S. The number of amides is 1. The first-order valence-corrected chi connectivity index (χ1v) is 9.00. The van der Waals surface area contributed by atoms with Gasteiger partial charge in [-0.25, -0.2) is 8.42 Å². The molecule has 1 saturated heterocycles. The molecule has 0 unspecified atom stereocenters. The van der Waals surface area contributed by atoms with Crippen molar-refractivity contribution in [2.24, 2.45) is 0 Å². The van der Waals surface area contributed by atoms with Crippen molar-refractivity contribution >= 4 is 15.9 Å². The molecule has 1 fully saturated rings. The standard InChI is InChI=1S/C15H20N2O4S/c1-21-13-6-7-14(11-5-3-2-4-10(11)13)22(19,20)17-12-8-9-16-15(12)18/h6-7,12,17H,2-5,8-9H2,1H3,(H,16,18)/t12-/m0/s1. The van der Waals surface area contributed by atoms with Gasteiger partial charge in [0.2, 0.25) is 15.9 Å². The SMILES string of the molecule is COc1ccc(S(=O)(=O)N[C@H]2CCNC2=O)c2c1CCCC2. The van der Waals surface area contributed by atoms with Crippen molar-refractivity contribution in [2.75, 3.05) is 13.7 Å². The lowest BCUT2D eigenvalue weighted by molar-refractivity contribution is -0.120. The van der Waals surface area contributed by atoms with Crippen LogP contribution in [0.1, 0.15) is 30.4 Å². The van der Waals surface area contributed by atoms with Gasteiger partial charge in [-0.1, -0.05) is 0 Å². The van der Waals surface area contributed by atoms with E-state index in [-0.39, 0.29) is 10.8 Å². The molecular weight excluding hydrogens is 304 g/mol. The number of hydrogen-bond donors (Lipinski definition) is 2. The first kappa shape index (κ1) is 15.3. The van der Waals surface area contributed by atoms with Crippen LogP contribution in [-0.2, 0) is 27.7 Å². The van der Waals surface area contributed by atoms with Crippen LogP contribution in [0.3, 0.4) is 0 Å². The molecule has 3 rings (SSSR count). The second-order valence-corrected chi connectivity index (χ2v) is 7.37. The third-order valence-corrected chi connectivity index (χ3v) is 5.86. The lowest BCUT2D eigenvalue weighted by Crippen LogP contribution is -2.40. The van der Waals surface area contributed by atoms with Crippen molar-refractivity contribution in [3.05, 3.63) is 23.3 Å². The third kappa shape index (κ3) is 2.70. The highest BCUT2D eigenvalue weighted by molar-refractivity contribution is 7.89. The molecule has 1 aromatic carbocycles. The second kappa shape index (κ2) is 5.89. The molecule has 120 valence electrons. The minimum atomic E-state index is -3.71. The number of carbonyl (C=O) groups excluding carboxylic acids is 1. The molecule has 1 amide bonds. The summed E-state index contributed by atoms with van der Waals surface area (Å²) in [4.78, 5) is 11.9. The van der Waals surface area contributed by atoms with Crippen molar-refractivity contribution in [3.63, 3.8) is 0 Å². The average Bonchev–Trinajstić information content (AvgIpc) is 2.90. The van der Waals surface area contributed by atoms with Gasteiger partial charge in [-0.15, -0.1) is 0 Å². The minimum absolute atomic E-state index is 0.258. The van der Waals surface area contributed by atoms with Crippen molar-refractivity contribution in [1.29, 1.82) is 0 Å². The zero-order valence-corrected chi connectivity index (χ0v) is 13.3. The molecule has 22 heavy (non-hydrogen) atoms. The number of nitrogens with one attached hydrogen (secondary N) is 2. The first-order chi connectivity index (χ1) is 10.5. The Labute approximate surface area is 130 Å². The van der Waals surface area contributed by atoms with E-state index in [1.54, 1.807) is 19.2 Å². The Kier molecular flexibility index (Phi) is 4.10. The fraction of sp³-hybridized carbons (Fsp3) is 0.533. The predicted octanol–water partition coefficient (Wildman–Crippen LogP) is 0.741. The Balaban J connectivity index is 1.98. The second-order valence-electron chi connectivity index (χ2n) is 5.68. The van der Waals surface area contributed by atoms with Crippen LogP contribution >= 0.6 is 0 Å². The van der Waals surface area contributed by atoms with Crippen LogP contribution in [-0.4, -0.2) is 34.0 Å². The number of fused-ring (bicyclic) bond motifs is 1. The zero-order chi connectivity index (χ0) is 15.7. The van der Waals surface area contributed by atoms with E-state index in [0.717, 1.165) is 42.6 Å². The maximum atomic E-state index is 12.7. The summed E-state index contributed by atoms with van der Waals surface area (Å²) >= 11 is 0. The summed E-state index contributed by atoms with van der Waals surface area (Å²) in [5.74, 6) is 0.484. The van der Waals surface area contributed by atoms with Crippen LogP contribution in [0.15, 0.2) is 17.0 Å². The predicted molar refractivity (Wildman–Crippen MR) is 81.4 cm³/mol. The van der Waals surface area contributed by atoms with Crippen molar-refractivity contribution in [1.82, 2.24) is 10.0 Å². The fourth-order valence-corrected chi connectivity index (χ4v) is 4.73. The fourth-order valence-electron chi connectivity index (χ4n) is 3.20. The van der Waals surface area contributed by atoms with Gasteiger partial charge in [0.1, 0.15) is 11.8 Å². The molecule has 1 aliphatic carbocycles. The molecule has 0 bridgehead atoms. The summed E-state index contributed by atoms with van der Waals surface area (Å²) in [7, 11) is -2.11. The van der Waals surface area contributed by atoms with E-state index >= 15 is 0 Å². The highest BCUT2D eigenvalue weighted by atomic mass is 32.2. The molecule has 0 radical (unpaired) electrons. The molecule has 0 spiro atoms. The molecule has 0 saturated carbocycles. The number of rotatable bonds is 4. The van der Waals surface area contributed by atoms with E-state index in [4.69, 9.17) is 4.74 Å². The van der Waals surface area contributed by atoms with E-state index in [2.05, 4.69) is 10.0 Å². The topological polar surface area (TPSA) is 84.5 Å². The summed E-state index contributed by atoms with van der Waals surface area (Å²) in [6.45, 7) is 0.507. The zero-order valence-electron chi connectivity index (χ0n) is 12.5. The van der Waals surface area contributed by atoms with Gasteiger partial charge in [-0.2, -0.15) is 4.72 Å². The molecule has 7 heteroatoms. The van der Waals surface area contributed by atoms with Crippen LogP contribution in [0.5, 0.6) is 5.75 Å². The van der Waals surface area contributed by atoms with Gasteiger partial charge >= 0.3 is 0 Å². The van der Waals surface area contributed by atoms with Crippen LogP contribution in [0.25, 0.3) is 0 Å². The number of hydrogen-bond acceptors (Lipinski definition) is 4. The Morgan fingerprint density at radius 1 is 1.23 bits per heavy atom. The highest BCUT2D eigenvalue weighted by Crippen LogP contribution is 2.34. The van der Waals surface area contributed by atoms with E-state index in [1.807, 2.05) is 0 Å². The van der Waals surface area contributed by atoms with E-state index < -0.39 is 16.1 Å². The van der Waals surface area contributed by atoms with Crippen LogP contribution in [0, 0.1) is 0 Å². The Hall–Kier alpha value is -1.60. The molecule has 1 aromatic rings. The maximum Gasteiger partial charge on any atom is 0.241 e. The summed E-state index contributed by atoms with van der Waals surface area (Å²) in [5.41, 5.74) is 1.81. The van der Waals surface area contributed by atoms with Crippen molar-refractivity contribution in [3.8, 4) is 5.75 Å². The van der Waals surface area contributed by atoms with Crippen molar-refractivity contribution in [2.45, 2.75) is 43.0 Å². The van der Waals surface area contributed by atoms with Gasteiger partial charge in [-0.3, -0.25) is 4.79 Å². The number of carbonyl (C=O) groups is 1. The molecule has 1 aliphatic heterocycles. The van der Waals surface area contributed by atoms with Gasteiger partial charge < -0.3 is 10.1 Å². The summed E-state index contributed by atoms with van der Waals surface area (Å²) in [5, 5.41) is 2.64. The number of benzene rings is 1. The molecule has 2 aliphatic rings. The Morgan fingerprint density at radius 3 is 2.59 bits per heavy atom. The normalized spacial score (nSPS) is 21.3. The number of methoxy groups -OCH3 is 1. The van der Waals surface area contributed by atoms with Crippen molar-refractivity contribution < 1.29 is 17.9 Å². The highest BCUT2D eigenvalue weighted by Gasteiger charge is 2.31. The summed E-state index contributed by atoms with van der Waals surface area (Å²) < 4.78 is 33.2. The van der Waals surface area contributed by atoms with Crippen LogP contribution in [0.2, 0.25) is 0 Å². The van der Waals surface area contributed by atoms with Gasteiger partial charge in [0.05, 0.1) is 12.0 Å². The third-order valence-electron chi connectivity index (χ3n) is 4.30. The lowest BCUT2D eigenvalue weighted by Gasteiger charge is -2.22. The summed E-state index contributed by atoms with van der Waals surface area (Å²) in [6.07, 6.45) is 4.03. The van der Waals surface area contributed by atoms with Crippen LogP contribution < -0.4 is 14.8 Å². The Bertz CT molecular complexity index is 700. The van der Waals surface area contributed by atoms with E-state index in [1.165, 1.54) is 0 Å².